The number of likely N-dealkylation sites (tertiary alicyclic amines) is 1. The molecule has 0 aromatic carbocycles. The SMILES string of the molecule is C[C@](O)(C#CCN1CCCC[C@H]1c1cccnc1)C1CC1. The van der Waals surface area contributed by atoms with Gasteiger partial charge in [0.25, 0.3) is 0 Å². The number of aromatic nitrogens is 1. The highest BCUT2D eigenvalue weighted by molar-refractivity contribution is 5.19. The van der Waals surface area contributed by atoms with E-state index in [1.165, 1.54) is 24.8 Å². The van der Waals surface area contributed by atoms with Crippen molar-refractivity contribution in [3.63, 3.8) is 0 Å². The molecule has 3 rings (SSSR count). The van der Waals surface area contributed by atoms with Gasteiger partial charge in [-0.2, -0.15) is 0 Å². The van der Waals surface area contributed by atoms with Crippen LogP contribution in [-0.2, 0) is 0 Å². The van der Waals surface area contributed by atoms with Crippen molar-refractivity contribution in [2.75, 3.05) is 13.1 Å². The number of pyridine rings is 1. The molecule has 112 valence electrons. The van der Waals surface area contributed by atoms with Crippen molar-refractivity contribution in [2.45, 2.75) is 50.7 Å². The van der Waals surface area contributed by atoms with Gasteiger partial charge in [-0.3, -0.25) is 9.88 Å². The summed E-state index contributed by atoms with van der Waals surface area (Å²) in [7, 11) is 0. The summed E-state index contributed by atoms with van der Waals surface area (Å²) in [5, 5.41) is 10.3. The first-order chi connectivity index (χ1) is 10.2. The Labute approximate surface area is 127 Å². The van der Waals surface area contributed by atoms with Crippen LogP contribution < -0.4 is 0 Å². The summed E-state index contributed by atoms with van der Waals surface area (Å²) in [5.41, 5.74) is 0.493. The first-order valence-electron chi connectivity index (χ1n) is 8.03. The second kappa shape index (κ2) is 6.17. The van der Waals surface area contributed by atoms with E-state index in [0.29, 0.717) is 12.0 Å². The van der Waals surface area contributed by atoms with Gasteiger partial charge in [-0.25, -0.2) is 0 Å². The van der Waals surface area contributed by atoms with E-state index in [4.69, 9.17) is 0 Å². The van der Waals surface area contributed by atoms with Crippen LogP contribution in [0.1, 0.15) is 50.6 Å². The van der Waals surface area contributed by atoms with Crippen molar-refractivity contribution in [2.24, 2.45) is 5.92 Å². The fourth-order valence-electron chi connectivity index (χ4n) is 3.20. The molecule has 0 unspecified atom stereocenters. The highest BCUT2D eigenvalue weighted by Crippen LogP contribution is 2.39. The Kier molecular flexibility index (Phi) is 4.28. The maximum atomic E-state index is 10.3. The average Bonchev–Trinajstić information content (AvgIpc) is 3.34. The van der Waals surface area contributed by atoms with Crippen LogP contribution in [0.2, 0.25) is 0 Å². The lowest BCUT2D eigenvalue weighted by atomic mass is 9.96. The molecule has 0 radical (unpaired) electrons. The van der Waals surface area contributed by atoms with E-state index in [1.807, 2.05) is 25.4 Å². The van der Waals surface area contributed by atoms with Gasteiger partial charge in [0.05, 0.1) is 6.54 Å². The highest BCUT2D eigenvalue weighted by atomic mass is 16.3. The molecule has 1 N–H and O–H groups in total. The molecule has 1 aromatic rings. The third-order valence-corrected chi connectivity index (χ3v) is 4.68. The Morgan fingerprint density at radius 1 is 1.38 bits per heavy atom. The largest absolute Gasteiger partial charge is 0.378 e. The molecule has 2 fully saturated rings. The second-order valence-corrected chi connectivity index (χ2v) is 6.49. The number of aliphatic hydroxyl groups is 1. The minimum atomic E-state index is -0.792. The van der Waals surface area contributed by atoms with Gasteiger partial charge in [-0.05, 0) is 56.7 Å². The summed E-state index contributed by atoms with van der Waals surface area (Å²) >= 11 is 0. The Bertz CT molecular complexity index is 525. The van der Waals surface area contributed by atoms with Crippen molar-refractivity contribution < 1.29 is 5.11 Å². The molecule has 0 amide bonds. The van der Waals surface area contributed by atoms with E-state index < -0.39 is 5.60 Å². The van der Waals surface area contributed by atoms with Gasteiger partial charge in [0.1, 0.15) is 5.60 Å². The molecule has 1 saturated heterocycles. The second-order valence-electron chi connectivity index (χ2n) is 6.49. The molecule has 3 nitrogen and oxygen atoms in total. The minimum Gasteiger partial charge on any atom is -0.378 e. The first kappa shape index (κ1) is 14.6. The van der Waals surface area contributed by atoms with E-state index in [1.54, 1.807) is 0 Å². The van der Waals surface area contributed by atoms with Crippen LogP contribution in [-0.4, -0.2) is 33.7 Å². The molecule has 1 aliphatic heterocycles. The average molecular weight is 284 g/mol. The van der Waals surface area contributed by atoms with Gasteiger partial charge >= 0.3 is 0 Å². The molecule has 1 aromatic heterocycles. The number of rotatable bonds is 3. The topological polar surface area (TPSA) is 36.4 Å². The number of nitrogens with zero attached hydrogens (tertiary/aromatic N) is 2. The normalized spacial score (nSPS) is 25.7. The fraction of sp³-hybridized carbons (Fsp3) is 0.611. The molecule has 1 aliphatic carbocycles. The van der Waals surface area contributed by atoms with Gasteiger partial charge in [0.15, 0.2) is 0 Å². The predicted octanol–water partition coefficient (Wildman–Crippen LogP) is 2.77. The Hall–Kier alpha value is -1.37. The van der Waals surface area contributed by atoms with Crippen LogP contribution in [0.25, 0.3) is 0 Å². The van der Waals surface area contributed by atoms with E-state index in [9.17, 15) is 5.11 Å². The van der Waals surface area contributed by atoms with Crippen LogP contribution in [0, 0.1) is 17.8 Å². The van der Waals surface area contributed by atoms with Crippen LogP contribution >= 0.6 is 0 Å². The van der Waals surface area contributed by atoms with Crippen molar-refractivity contribution in [3.8, 4) is 11.8 Å². The zero-order chi connectivity index (χ0) is 14.7. The quantitative estimate of drug-likeness (QED) is 0.867. The van der Waals surface area contributed by atoms with E-state index in [-0.39, 0.29) is 0 Å². The molecule has 1 saturated carbocycles. The lowest BCUT2D eigenvalue weighted by Gasteiger charge is -2.34. The maximum Gasteiger partial charge on any atom is 0.125 e. The molecular formula is C18H24N2O. The van der Waals surface area contributed by atoms with Crippen molar-refractivity contribution in [3.05, 3.63) is 30.1 Å². The van der Waals surface area contributed by atoms with Crippen molar-refractivity contribution in [1.29, 1.82) is 0 Å². The van der Waals surface area contributed by atoms with Gasteiger partial charge in [-0.15, -0.1) is 0 Å². The van der Waals surface area contributed by atoms with Gasteiger partial charge < -0.3 is 5.11 Å². The van der Waals surface area contributed by atoms with Crippen LogP contribution in [0.4, 0.5) is 0 Å². The van der Waals surface area contributed by atoms with Crippen LogP contribution in [0.5, 0.6) is 0 Å². The standard InChI is InChI=1S/C18H24N2O/c1-18(21,16-8-9-16)10-5-13-20-12-3-2-7-17(20)15-6-4-11-19-14-15/h4,6,11,14,16-17,21H,2-3,7-9,12-13H2,1H3/t17-,18-/m0/s1. The summed E-state index contributed by atoms with van der Waals surface area (Å²) in [6.07, 6.45) is 9.70. The smallest absolute Gasteiger partial charge is 0.125 e. The van der Waals surface area contributed by atoms with Gasteiger partial charge in [0.2, 0.25) is 0 Å². The summed E-state index contributed by atoms with van der Waals surface area (Å²) < 4.78 is 0. The number of hydrogen-bond donors (Lipinski definition) is 1. The Morgan fingerprint density at radius 3 is 2.95 bits per heavy atom. The molecule has 2 heterocycles. The summed E-state index contributed by atoms with van der Waals surface area (Å²) in [5.74, 6) is 6.70. The fourth-order valence-corrected chi connectivity index (χ4v) is 3.20. The predicted molar refractivity (Wildman–Crippen MR) is 83.5 cm³/mol. The van der Waals surface area contributed by atoms with E-state index >= 15 is 0 Å². The van der Waals surface area contributed by atoms with Crippen LogP contribution in [0.15, 0.2) is 24.5 Å². The van der Waals surface area contributed by atoms with Crippen LogP contribution in [0.3, 0.4) is 0 Å². The first-order valence-corrected chi connectivity index (χ1v) is 8.03. The molecule has 2 atom stereocenters. The molecule has 0 spiro atoms. The molecule has 21 heavy (non-hydrogen) atoms. The highest BCUT2D eigenvalue weighted by Gasteiger charge is 2.38. The molecule has 2 aliphatic rings. The molecular weight excluding hydrogens is 260 g/mol. The summed E-state index contributed by atoms with van der Waals surface area (Å²) in [4.78, 5) is 6.67. The van der Waals surface area contributed by atoms with E-state index in [0.717, 1.165) is 25.9 Å². The van der Waals surface area contributed by atoms with Gasteiger partial charge in [-0.1, -0.05) is 24.3 Å². The zero-order valence-corrected chi connectivity index (χ0v) is 12.8. The Balaban J connectivity index is 1.66. The number of hydrogen-bond acceptors (Lipinski definition) is 3. The third-order valence-electron chi connectivity index (χ3n) is 4.68. The Morgan fingerprint density at radius 2 is 2.24 bits per heavy atom. The number of piperidine rings is 1. The monoisotopic (exact) mass is 284 g/mol. The summed E-state index contributed by atoms with van der Waals surface area (Å²) in [6.45, 7) is 3.68. The summed E-state index contributed by atoms with van der Waals surface area (Å²) in [6, 6.07) is 4.59. The zero-order valence-electron chi connectivity index (χ0n) is 12.8. The van der Waals surface area contributed by atoms with Gasteiger partial charge in [0, 0.05) is 18.4 Å². The van der Waals surface area contributed by atoms with Crippen molar-refractivity contribution >= 4 is 0 Å². The van der Waals surface area contributed by atoms with Crippen molar-refractivity contribution in [1.82, 2.24) is 9.88 Å². The molecule has 3 heteroatoms. The lowest BCUT2D eigenvalue weighted by Crippen LogP contribution is -2.34. The maximum absolute atomic E-state index is 10.3. The third kappa shape index (κ3) is 3.64. The van der Waals surface area contributed by atoms with E-state index in [2.05, 4.69) is 27.8 Å². The molecule has 0 bridgehead atoms. The minimum absolute atomic E-state index is 0.389. The lowest BCUT2D eigenvalue weighted by molar-refractivity contribution is 0.0975.